The van der Waals surface area contributed by atoms with Gasteiger partial charge in [0.2, 0.25) is 0 Å². The number of nitrogens with zero attached hydrogens (tertiary/aromatic N) is 3. The van der Waals surface area contributed by atoms with Gasteiger partial charge in [-0.3, -0.25) is 0 Å². The van der Waals surface area contributed by atoms with E-state index in [1.165, 1.54) is 23.1 Å². The van der Waals surface area contributed by atoms with Gasteiger partial charge in [-0.1, -0.05) is 0 Å². The van der Waals surface area contributed by atoms with Crippen molar-refractivity contribution < 1.29 is 18.3 Å². The van der Waals surface area contributed by atoms with E-state index in [1.807, 2.05) is 0 Å². The molecule has 1 aromatic heterocycles. The number of aromatic hydroxyl groups is 1. The number of hydrogen-bond acceptors (Lipinski definition) is 3. The maximum Gasteiger partial charge on any atom is 0.416 e. The largest absolute Gasteiger partial charge is 0.478 e. The van der Waals surface area contributed by atoms with Gasteiger partial charge >= 0.3 is 12.2 Å². The van der Waals surface area contributed by atoms with Gasteiger partial charge < -0.3 is 5.11 Å². The molecule has 1 heterocycles. The molecule has 0 amide bonds. The normalized spacial score (nSPS) is 11.7. The number of rotatable bonds is 1. The number of benzene rings is 1. The maximum absolute atomic E-state index is 12.3. The predicted octanol–water partition coefficient (Wildman–Crippen LogP) is 1.99. The third kappa shape index (κ3) is 1.97. The van der Waals surface area contributed by atoms with Crippen LogP contribution < -0.4 is 0 Å². The highest BCUT2D eigenvalue weighted by Crippen LogP contribution is 2.29. The highest BCUT2D eigenvalue weighted by Gasteiger charge is 2.29. The van der Waals surface area contributed by atoms with Crippen molar-refractivity contribution in [3.05, 3.63) is 36.2 Å². The van der Waals surface area contributed by atoms with Gasteiger partial charge in [0.15, 0.2) is 0 Å². The molecule has 0 aliphatic carbocycles. The third-order valence-electron chi connectivity index (χ3n) is 1.94. The maximum atomic E-state index is 12.3. The van der Waals surface area contributed by atoms with E-state index in [9.17, 15) is 13.2 Å². The quantitative estimate of drug-likeness (QED) is 0.813. The van der Waals surface area contributed by atoms with Gasteiger partial charge in [-0.05, 0) is 24.3 Å². The van der Waals surface area contributed by atoms with Crippen LogP contribution in [0.1, 0.15) is 5.56 Å². The number of aromatic nitrogens is 3. The van der Waals surface area contributed by atoms with Crippen LogP contribution in [0.15, 0.2) is 30.6 Å². The van der Waals surface area contributed by atoms with E-state index in [2.05, 4.69) is 10.1 Å². The van der Waals surface area contributed by atoms with Crippen molar-refractivity contribution in [2.24, 2.45) is 0 Å². The SMILES string of the molecule is Oc1ncn(-c2ccc(C(F)(F)F)cc2)n1. The van der Waals surface area contributed by atoms with Gasteiger partial charge in [-0.2, -0.15) is 18.2 Å². The average molecular weight is 229 g/mol. The summed E-state index contributed by atoms with van der Waals surface area (Å²) in [5, 5.41) is 12.4. The minimum absolute atomic E-state index is 0.390. The third-order valence-corrected chi connectivity index (χ3v) is 1.94. The minimum Gasteiger partial charge on any atom is -0.478 e. The Morgan fingerprint density at radius 3 is 2.19 bits per heavy atom. The molecule has 0 fully saturated rings. The van der Waals surface area contributed by atoms with E-state index in [-0.39, 0.29) is 0 Å². The zero-order chi connectivity index (χ0) is 11.8. The second-order valence-electron chi connectivity index (χ2n) is 3.03. The highest BCUT2D eigenvalue weighted by molar-refractivity contribution is 5.34. The zero-order valence-electron chi connectivity index (χ0n) is 7.81. The Morgan fingerprint density at radius 1 is 1.12 bits per heavy atom. The van der Waals surface area contributed by atoms with Crippen LogP contribution in [0, 0.1) is 0 Å². The Labute approximate surface area is 88.0 Å². The first-order chi connectivity index (χ1) is 7.47. The van der Waals surface area contributed by atoms with E-state index >= 15 is 0 Å². The molecule has 2 aromatic rings. The fourth-order valence-corrected chi connectivity index (χ4v) is 1.18. The van der Waals surface area contributed by atoms with Gasteiger partial charge in [0.1, 0.15) is 6.33 Å². The minimum atomic E-state index is -4.36. The molecular formula is C9H6F3N3O. The number of hydrogen-bond donors (Lipinski definition) is 1. The molecule has 84 valence electrons. The van der Waals surface area contributed by atoms with Crippen molar-refractivity contribution in [2.45, 2.75) is 6.18 Å². The molecule has 0 aliphatic heterocycles. The topological polar surface area (TPSA) is 50.9 Å². The number of halogens is 3. The van der Waals surface area contributed by atoms with Crippen molar-refractivity contribution in [1.82, 2.24) is 14.8 Å². The fourth-order valence-electron chi connectivity index (χ4n) is 1.18. The van der Waals surface area contributed by atoms with Crippen molar-refractivity contribution in [3.63, 3.8) is 0 Å². The average Bonchev–Trinajstić information content (AvgIpc) is 2.64. The van der Waals surface area contributed by atoms with Crippen LogP contribution in [0.2, 0.25) is 0 Å². The Hall–Kier alpha value is -2.05. The molecule has 0 aliphatic rings. The van der Waals surface area contributed by atoms with Gasteiger partial charge in [-0.25, -0.2) is 4.68 Å². The molecule has 16 heavy (non-hydrogen) atoms. The lowest BCUT2D eigenvalue weighted by Gasteiger charge is -2.06. The van der Waals surface area contributed by atoms with Crippen molar-refractivity contribution in [1.29, 1.82) is 0 Å². The van der Waals surface area contributed by atoms with Gasteiger partial charge in [0.05, 0.1) is 11.3 Å². The van der Waals surface area contributed by atoms with Gasteiger partial charge in [-0.15, -0.1) is 5.10 Å². The summed E-state index contributed by atoms with van der Waals surface area (Å²) < 4.78 is 37.9. The second-order valence-corrected chi connectivity index (χ2v) is 3.03. The number of alkyl halides is 3. The Bertz CT molecular complexity index is 489. The summed E-state index contributed by atoms with van der Waals surface area (Å²) >= 11 is 0. The lowest BCUT2D eigenvalue weighted by atomic mass is 10.2. The summed E-state index contributed by atoms with van der Waals surface area (Å²) in [6.45, 7) is 0. The van der Waals surface area contributed by atoms with Crippen LogP contribution in [0.3, 0.4) is 0 Å². The van der Waals surface area contributed by atoms with Gasteiger partial charge in [0.25, 0.3) is 0 Å². The van der Waals surface area contributed by atoms with Crippen molar-refractivity contribution >= 4 is 0 Å². The molecule has 7 heteroatoms. The summed E-state index contributed by atoms with van der Waals surface area (Å²) in [7, 11) is 0. The summed E-state index contributed by atoms with van der Waals surface area (Å²) in [4.78, 5) is 3.45. The van der Waals surface area contributed by atoms with Crippen LogP contribution in [0.4, 0.5) is 13.2 Å². The Morgan fingerprint density at radius 2 is 1.75 bits per heavy atom. The van der Waals surface area contributed by atoms with Gasteiger partial charge in [0, 0.05) is 0 Å². The van der Waals surface area contributed by atoms with E-state index < -0.39 is 17.8 Å². The summed E-state index contributed by atoms with van der Waals surface area (Å²) in [5.74, 6) is 0. The van der Waals surface area contributed by atoms with E-state index in [4.69, 9.17) is 5.11 Å². The van der Waals surface area contributed by atoms with Crippen molar-refractivity contribution in [2.75, 3.05) is 0 Å². The molecule has 0 saturated carbocycles. The zero-order valence-corrected chi connectivity index (χ0v) is 7.81. The summed E-state index contributed by atoms with van der Waals surface area (Å²) in [6, 6.07) is 3.94. The fraction of sp³-hybridized carbons (Fsp3) is 0.111. The van der Waals surface area contributed by atoms with E-state index in [0.29, 0.717) is 5.69 Å². The molecule has 0 spiro atoms. The first-order valence-corrected chi connectivity index (χ1v) is 4.25. The molecule has 0 saturated heterocycles. The smallest absolute Gasteiger partial charge is 0.416 e. The lowest BCUT2D eigenvalue weighted by Crippen LogP contribution is -2.05. The monoisotopic (exact) mass is 229 g/mol. The molecule has 0 unspecified atom stereocenters. The molecule has 0 radical (unpaired) electrons. The Kier molecular flexibility index (Phi) is 2.30. The Balaban J connectivity index is 2.33. The standard InChI is InChI=1S/C9H6F3N3O/c10-9(11,12)6-1-3-7(4-2-6)15-5-13-8(16)14-15/h1-5H,(H,14,16). The first-order valence-electron chi connectivity index (χ1n) is 4.25. The highest BCUT2D eigenvalue weighted by atomic mass is 19.4. The van der Waals surface area contributed by atoms with E-state index in [1.54, 1.807) is 0 Å². The molecule has 1 N–H and O–H groups in total. The van der Waals surface area contributed by atoms with Crippen LogP contribution in [-0.2, 0) is 6.18 Å². The molecule has 0 bridgehead atoms. The van der Waals surface area contributed by atoms with Crippen LogP contribution in [0.25, 0.3) is 5.69 Å². The summed E-state index contributed by atoms with van der Waals surface area (Å²) in [5.41, 5.74) is -0.346. The molecule has 2 rings (SSSR count). The molecule has 4 nitrogen and oxygen atoms in total. The molecule has 0 atom stereocenters. The van der Waals surface area contributed by atoms with Crippen molar-refractivity contribution in [3.8, 4) is 11.7 Å². The van der Waals surface area contributed by atoms with Crippen LogP contribution in [-0.4, -0.2) is 19.9 Å². The lowest BCUT2D eigenvalue weighted by molar-refractivity contribution is -0.137. The second kappa shape index (κ2) is 3.51. The van der Waals surface area contributed by atoms with E-state index in [0.717, 1.165) is 12.1 Å². The van der Waals surface area contributed by atoms with Crippen LogP contribution >= 0.6 is 0 Å². The first kappa shape index (κ1) is 10.5. The summed E-state index contributed by atoms with van der Waals surface area (Å²) in [6.07, 6.45) is -3.15. The van der Waals surface area contributed by atoms with Crippen LogP contribution in [0.5, 0.6) is 6.01 Å². The predicted molar refractivity (Wildman–Crippen MR) is 48.0 cm³/mol. The molecular weight excluding hydrogens is 223 g/mol. The molecule has 1 aromatic carbocycles.